The van der Waals surface area contributed by atoms with Crippen molar-refractivity contribution in [2.45, 2.75) is 44.9 Å². The molecule has 0 aromatic carbocycles. The summed E-state index contributed by atoms with van der Waals surface area (Å²) in [6, 6.07) is 0.141. The van der Waals surface area contributed by atoms with E-state index < -0.39 is 24.3 Å². The summed E-state index contributed by atoms with van der Waals surface area (Å²) in [6.07, 6.45) is -13.3. The fourth-order valence-electron chi connectivity index (χ4n) is 1.24. The molecule has 0 fully saturated rings. The quantitative estimate of drug-likeness (QED) is 0.848. The summed E-state index contributed by atoms with van der Waals surface area (Å²) >= 11 is 0. The minimum atomic E-state index is -5.59. The van der Waals surface area contributed by atoms with Crippen LogP contribution in [0.5, 0.6) is 5.88 Å². The van der Waals surface area contributed by atoms with Gasteiger partial charge in [0.15, 0.2) is 0 Å². The molecule has 10 heteroatoms. The van der Waals surface area contributed by atoms with E-state index in [1.807, 2.05) is 13.8 Å². The Morgan fingerprint density at radius 3 is 2.00 bits per heavy atom. The number of rotatable bonds is 5. The lowest BCUT2D eigenvalue weighted by atomic mass is 10.3. The van der Waals surface area contributed by atoms with Crippen molar-refractivity contribution in [3.05, 3.63) is 18.1 Å². The van der Waals surface area contributed by atoms with Gasteiger partial charge in [0.2, 0.25) is 5.88 Å². The Morgan fingerprint density at radius 2 is 1.62 bits per heavy atom. The van der Waals surface area contributed by atoms with Crippen molar-refractivity contribution in [1.29, 1.82) is 0 Å². The number of aromatic nitrogens is 2. The van der Waals surface area contributed by atoms with E-state index in [0.29, 0.717) is 5.69 Å². The Labute approximate surface area is 116 Å². The molecule has 1 N–H and O–H groups in total. The molecule has 0 aliphatic rings. The Hall–Kier alpha value is -1.58. The van der Waals surface area contributed by atoms with Crippen molar-refractivity contribution in [2.24, 2.45) is 0 Å². The molecule has 120 valence electrons. The minimum Gasteiger partial charge on any atom is -0.454 e. The fourth-order valence-corrected chi connectivity index (χ4v) is 1.24. The first-order chi connectivity index (χ1) is 9.50. The van der Waals surface area contributed by atoms with E-state index in [9.17, 15) is 26.3 Å². The second-order valence-electron chi connectivity index (χ2n) is 4.46. The maximum Gasteiger partial charge on any atom is 0.434 e. The van der Waals surface area contributed by atoms with Crippen LogP contribution in [0, 0.1) is 0 Å². The van der Waals surface area contributed by atoms with E-state index in [0.717, 1.165) is 12.4 Å². The van der Waals surface area contributed by atoms with Gasteiger partial charge in [-0.1, -0.05) is 13.8 Å². The molecule has 0 amide bonds. The van der Waals surface area contributed by atoms with Gasteiger partial charge in [-0.05, 0) is 0 Å². The summed E-state index contributed by atoms with van der Waals surface area (Å²) in [4.78, 5) is 7.08. The molecule has 0 atom stereocenters. The Morgan fingerprint density at radius 1 is 1.05 bits per heavy atom. The number of nitrogens with zero attached hydrogens (tertiary/aromatic N) is 2. The zero-order valence-corrected chi connectivity index (χ0v) is 11.1. The van der Waals surface area contributed by atoms with E-state index in [1.54, 1.807) is 0 Å². The third-order valence-electron chi connectivity index (χ3n) is 2.21. The SMILES string of the molecule is CC(C)NCc1cnc(OC(C(F)(F)F)C(F)(F)F)cn1. The summed E-state index contributed by atoms with van der Waals surface area (Å²) in [5.41, 5.74) is 0.367. The highest BCUT2D eigenvalue weighted by Gasteiger charge is 2.59. The first kappa shape index (κ1) is 17.5. The summed E-state index contributed by atoms with van der Waals surface area (Å²) in [7, 11) is 0. The highest BCUT2D eigenvalue weighted by Crippen LogP contribution is 2.35. The predicted molar refractivity (Wildman–Crippen MR) is 60.5 cm³/mol. The van der Waals surface area contributed by atoms with Crippen LogP contribution in [-0.2, 0) is 6.54 Å². The molecule has 1 aromatic rings. The summed E-state index contributed by atoms with van der Waals surface area (Å²) < 4.78 is 77.6. The number of hydrogen-bond donors (Lipinski definition) is 1. The molecular weight excluding hydrogens is 304 g/mol. The predicted octanol–water partition coefficient (Wildman–Crippen LogP) is 2.85. The maximum absolute atomic E-state index is 12.3. The van der Waals surface area contributed by atoms with Gasteiger partial charge in [0, 0.05) is 12.6 Å². The largest absolute Gasteiger partial charge is 0.454 e. The van der Waals surface area contributed by atoms with Crippen molar-refractivity contribution in [3.8, 4) is 5.88 Å². The first-order valence-corrected chi connectivity index (χ1v) is 5.84. The van der Waals surface area contributed by atoms with Gasteiger partial charge in [0.25, 0.3) is 6.10 Å². The molecule has 0 spiro atoms. The zero-order valence-electron chi connectivity index (χ0n) is 11.1. The van der Waals surface area contributed by atoms with Gasteiger partial charge in [-0.3, -0.25) is 4.98 Å². The van der Waals surface area contributed by atoms with Crippen LogP contribution in [0.15, 0.2) is 12.4 Å². The molecule has 0 saturated carbocycles. The lowest BCUT2D eigenvalue weighted by Crippen LogP contribution is -2.46. The van der Waals surface area contributed by atoms with Gasteiger partial charge >= 0.3 is 12.4 Å². The molecule has 0 aliphatic heterocycles. The summed E-state index contributed by atoms with van der Waals surface area (Å²) in [6.45, 7) is 4.01. The van der Waals surface area contributed by atoms with Gasteiger partial charge < -0.3 is 10.1 Å². The van der Waals surface area contributed by atoms with Crippen molar-refractivity contribution < 1.29 is 31.1 Å². The summed E-state index contributed by atoms with van der Waals surface area (Å²) in [5, 5.41) is 2.97. The van der Waals surface area contributed by atoms with E-state index in [1.165, 1.54) is 0 Å². The molecule has 0 radical (unpaired) electrons. The van der Waals surface area contributed by atoms with Gasteiger partial charge in [-0.25, -0.2) is 4.98 Å². The van der Waals surface area contributed by atoms with E-state index in [2.05, 4.69) is 20.0 Å². The third-order valence-corrected chi connectivity index (χ3v) is 2.21. The van der Waals surface area contributed by atoms with Crippen molar-refractivity contribution in [1.82, 2.24) is 15.3 Å². The highest BCUT2D eigenvalue weighted by atomic mass is 19.4. The lowest BCUT2D eigenvalue weighted by Gasteiger charge is -2.23. The molecule has 0 unspecified atom stereocenters. The number of hydrogen-bond acceptors (Lipinski definition) is 4. The van der Waals surface area contributed by atoms with Crippen LogP contribution in [0.4, 0.5) is 26.3 Å². The van der Waals surface area contributed by atoms with Crippen molar-refractivity contribution >= 4 is 0 Å². The number of alkyl halides is 6. The van der Waals surface area contributed by atoms with Crippen LogP contribution in [0.3, 0.4) is 0 Å². The molecule has 1 aromatic heterocycles. The standard InChI is InChI=1S/C11H13F6N3O/c1-6(2)18-3-7-4-20-8(5-19-7)21-9(10(12,13)14)11(15,16)17/h4-6,9,18H,3H2,1-2H3. The molecule has 1 heterocycles. The maximum atomic E-state index is 12.3. The lowest BCUT2D eigenvalue weighted by molar-refractivity contribution is -0.300. The van der Waals surface area contributed by atoms with Gasteiger partial charge in [-0.15, -0.1) is 0 Å². The molecule has 4 nitrogen and oxygen atoms in total. The van der Waals surface area contributed by atoms with Gasteiger partial charge in [0.05, 0.1) is 18.1 Å². The van der Waals surface area contributed by atoms with Crippen LogP contribution < -0.4 is 10.1 Å². The summed E-state index contributed by atoms with van der Waals surface area (Å²) in [5.74, 6) is -0.844. The van der Waals surface area contributed by atoms with Gasteiger partial charge in [0.1, 0.15) is 0 Å². The van der Waals surface area contributed by atoms with Crippen LogP contribution in [-0.4, -0.2) is 34.5 Å². The van der Waals surface area contributed by atoms with E-state index in [-0.39, 0.29) is 12.6 Å². The van der Waals surface area contributed by atoms with Crippen LogP contribution in [0.25, 0.3) is 0 Å². The second kappa shape index (κ2) is 6.46. The molecule has 1 rings (SSSR count). The minimum absolute atomic E-state index is 0.141. The molecule has 0 saturated heterocycles. The monoisotopic (exact) mass is 317 g/mol. The van der Waals surface area contributed by atoms with E-state index in [4.69, 9.17) is 0 Å². The normalized spacial score (nSPS) is 13.0. The molecular formula is C11H13F6N3O. The Bertz CT molecular complexity index is 429. The van der Waals surface area contributed by atoms with Crippen LogP contribution >= 0.6 is 0 Å². The fraction of sp³-hybridized carbons (Fsp3) is 0.636. The third kappa shape index (κ3) is 5.74. The Kier molecular flexibility index (Phi) is 5.37. The number of nitrogens with one attached hydrogen (secondary N) is 1. The molecule has 21 heavy (non-hydrogen) atoms. The zero-order chi connectivity index (χ0) is 16.3. The van der Waals surface area contributed by atoms with Crippen molar-refractivity contribution in [2.75, 3.05) is 0 Å². The van der Waals surface area contributed by atoms with Crippen LogP contribution in [0.2, 0.25) is 0 Å². The number of ether oxygens (including phenoxy) is 1. The second-order valence-corrected chi connectivity index (χ2v) is 4.46. The van der Waals surface area contributed by atoms with E-state index >= 15 is 0 Å². The number of halogens is 6. The van der Waals surface area contributed by atoms with Crippen LogP contribution in [0.1, 0.15) is 19.5 Å². The average molecular weight is 317 g/mol. The highest BCUT2D eigenvalue weighted by molar-refractivity contribution is 5.08. The average Bonchev–Trinajstić information content (AvgIpc) is 2.32. The Balaban J connectivity index is 2.77. The first-order valence-electron chi connectivity index (χ1n) is 5.84. The topological polar surface area (TPSA) is 47.0 Å². The molecule has 0 aliphatic carbocycles. The smallest absolute Gasteiger partial charge is 0.434 e. The molecule has 0 bridgehead atoms. The van der Waals surface area contributed by atoms with Crippen molar-refractivity contribution in [3.63, 3.8) is 0 Å². The van der Waals surface area contributed by atoms with Gasteiger partial charge in [-0.2, -0.15) is 26.3 Å².